The average molecular weight is 290 g/mol. The molecule has 0 radical (unpaired) electrons. The van der Waals surface area contributed by atoms with E-state index in [9.17, 15) is 0 Å². The molecule has 4 heteroatoms. The topological polar surface area (TPSA) is 28.2 Å². The number of pyridine rings is 1. The second kappa shape index (κ2) is 7.15. The van der Waals surface area contributed by atoms with Crippen LogP contribution in [0, 0.1) is 0 Å². The van der Waals surface area contributed by atoms with Gasteiger partial charge in [-0.3, -0.25) is 0 Å². The van der Waals surface area contributed by atoms with Crippen LogP contribution in [0.5, 0.6) is 0 Å². The lowest BCUT2D eigenvalue weighted by atomic mass is 10.2. The van der Waals surface area contributed by atoms with Crippen LogP contribution in [0.1, 0.15) is 18.9 Å². The van der Waals surface area contributed by atoms with E-state index in [2.05, 4.69) is 22.1 Å². The molecule has 0 spiro atoms. The van der Waals surface area contributed by atoms with Crippen molar-refractivity contribution < 1.29 is 0 Å². The zero-order valence-electron chi connectivity index (χ0n) is 11.9. The number of halogens is 1. The Hall–Kier alpha value is -1.74. The second-order valence-corrected chi connectivity index (χ2v) is 5.23. The molecule has 2 rings (SSSR count). The Morgan fingerprint density at radius 3 is 2.60 bits per heavy atom. The zero-order chi connectivity index (χ0) is 14.4. The van der Waals surface area contributed by atoms with E-state index in [0.29, 0.717) is 0 Å². The van der Waals surface area contributed by atoms with Gasteiger partial charge in [0.25, 0.3) is 0 Å². The largest absolute Gasteiger partial charge is 0.370 e. The normalized spacial score (nSPS) is 10.3. The molecule has 1 aromatic heterocycles. The highest BCUT2D eigenvalue weighted by Gasteiger charge is 2.04. The molecule has 0 amide bonds. The smallest absolute Gasteiger partial charge is 0.130 e. The van der Waals surface area contributed by atoms with Gasteiger partial charge < -0.3 is 10.2 Å². The Labute approximate surface area is 125 Å². The molecule has 1 heterocycles. The molecule has 3 nitrogen and oxygen atoms in total. The third kappa shape index (κ3) is 4.14. The van der Waals surface area contributed by atoms with Gasteiger partial charge in [0.2, 0.25) is 0 Å². The summed E-state index contributed by atoms with van der Waals surface area (Å²) in [7, 11) is 2.04. The molecule has 0 aliphatic carbocycles. The molecule has 2 aromatic rings. The number of nitrogens with zero attached hydrogens (tertiary/aromatic N) is 2. The quantitative estimate of drug-likeness (QED) is 0.864. The van der Waals surface area contributed by atoms with E-state index in [1.807, 2.05) is 49.5 Å². The van der Waals surface area contributed by atoms with Gasteiger partial charge >= 0.3 is 0 Å². The molecule has 106 valence electrons. The third-order valence-corrected chi connectivity index (χ3v) is 3.27. The van der Waals surface area contributed by atoms with E-state index in [1.165, 1.54) is 5.56 Å². The molecule has 0 atom stereocenters. The zero-order valence-corrected chi connectivity index (χ0v) is 12.7. The molecule has 0 saturated heterocycles. The molecule has 0 aliphatic rings. The Balaban J connectivity index is 2.04. The van der Waals surface area contributed by atoms with Crippen molar-refractivity contribution in [2.24, 2.45) is 0 Å². The van der Waals surface area contributed by atoms with E-state index in [4.69, 9.17) is 11.6 Å². The minimum atomic E-state index is 0.764. The summed E-state index contributed by atoms with van der Waals surface area (Å²) in [4.78, 5) is 6.74. The van der Waals surface area contributed by atoms with Gasteiger partial charge in [-0.15, -0.1) is 0 Å². The lowest BCUT2D eigenvalue weighted by Gasteiger charge is -2.19. The fourth-order valence-electron chi connectivity index (χ4n) is 1.93. The first kappa shape index (κ1) is 14.7. The third-order valence-electron chi connectivity index (χ3n) is 3.01. The molecular weight excluding hydrogens is 270 g/mol. The van der Waals surface area contributed by atoms with Crippen molar-refractivity contribution >= 4 is 23.2 Å². The minimum Gasteiger partial charge on any atom is -0.370 e. The maximum atomic E-state index is 5.90. The van der Waals surface area contributed by atoms with Crippen LogP contribution in [0.3, 0.4) is 0 Å². The van der Waals surface area contributed by atoms with Crippen LogP contribution in [0.4, 0.5) is 11.6 Å². The Morgan fingerprint density at radius 1 is 1.15 bits per heavy atom. The number of rotatable bonds is 6. The first-order chi connectivity index (χ1) is 9.69. The monoisotopic (exact) mass is 289 g/mol. The molecule has 0 bridgehead atoms. The van der Waals surface area contributed by atoms with Crippen LogP contribution < -0.4 is 10.2 Å². The summed E-state index contributed by atoms with van der Waals surface area (Å²) < 4.78 is 0. The van der Waals surface area contributed by atoms with Crippen molar-refractivity contribution in [3.63, 3.8) is 0 Å². The highest BCUT2D eigenvalue weighted by Crippen LogP contribution is 2.17. The van der Waals surface area contributed by atoms with Crippen LogP contribution in [-0.2, 0) is 6.54 Å². The first-order valence-corrected chi connectivity index (χ1v) is 7.23. The van der Waals surface area contributed by atoms with Crippen LogP contribution in [0.15, 0.2) is 42.5 Å². The van der Waals surface area contributed by atoms with Crippen molar-refractivity contribution in [1.82, 2.24) is 4.98 Å². The van der Waals surface area contributed by atoms with Crippen LogP contribution in [-0.4, -0.2) is 18.6 Å². The molecule has 1 aromatic carbocycles. The molecule has 1 N–H and O–H groups in total. The number of benzene rings is 1. The van der Waals surface area contributed by atoms with Crippen molar-refractivity contribution in [2.45, 2.75) is 19.9 Å². The van der Waals surface area contributed by atoms with E-state index < -0.39 is 0 Å². The predicted molar refractivity (Wildman–Crippen MR) is 86.6 cm³/mol. The Kier molecular flexibility index (Phi) is 5.24. The van der Waals surface area contributed by atoms with Crippen LogP contribution in [0.2, 0.25) is 5.02 Å². The standard InChI is InChI=1S/C16H20ClN3/c1-3-11-18-15-5-4-6-16(19-15)20(2)12-13-7-9-14(17)10-8-13/h4-10H,3,11-12H2,1-2H3,(H,18,19). The van der Waals surface area contributed by atoms with Gasteiger partial charge in [-0.25, -0.2) is 4.98 Å². The van der Waals surface area contributed by atoms with Crippen LogP contribution >= 0.6 is 11.6 Å². The SMILES string of the molecule is CCCNc1cccc(N(C)Cc2ccc(Cl)cc2)n1. The fourth-order valence-corrected chi connectivity index (χ4v) is 2.06. The van der Waals surface area contributed by atoms with Crippen molar-refractivity contribution in [2.75, 3.05) is 23.8 Å². The van der Waals surface area contributed by atoms with E-state index in [1.54, 1.807) is 0 Å². The summed E-state index contributed by atoms with van der Waals surface area (Å²) in [5.41, 5.74) is 1.21. The average Bonchev–Trinajstić information content (AvgIpc) is 2.48. The fraction of sp³-hybridized carbons (Fsp3) is 0.312. The summed E-state index contributed by atoms with van der Waals surface area (Å²) in [5.74, 6) is 1.88. The van der Waals surface area contributed by atoms with Gasteiger partial charge in [0.1, 0.15) is 11.6 Å². The van der Waals surface area contributed by atoms with Gasteiger partial charge in [0, 0.05) is 25.2 Å². The van der Waals surface area contributed by atoms with Gasteiger partial charge in [-0.05, 0) is 36.2 Å². The lowest BCUT2D eigenvalue weighted by Crippen LogP contribution is -2.18. The van der Waals surface area contributed by atoms with Gasteiger partial charge in [-0.1, -0.05) is 36.7 Å². The van der Waals surface area contributed by atoms with E-state index in [-0.39, 0.29) is 0 Å². The summed E-state index contributed by atoms with van der Waals surface area (Å²) >= 11 is 5.90. The highest BCUT2D eigenvalue weighted by atomic mass is 35.5. The summed E-state index contributed by atoms with van der Waals surface area (Å²) in [5, 5.41) is 4.07. The lowest BCUT2D eigenvalue weighted by molar-refractivity contribution is 0.894. The summed E-state index contributed by atoms with van der Waals surface area (Å²) in [6, 6.07) is 14.0. The van der Waals surface area contributed by atoms with Crippen LogP contribution in [0.25, 0.3) is 0 Å². The second-order valence-electron chi connectivity index (χ2n) is 4.79. The summed E-state index contributed by atoms with van der Waals surface area (Å²) in [6.07, 6.45) is 1.09. The molecule has 0 fully saturated rings. The van der Waals surface area contributed by atoms with E-state index >= 15 is 0 Å². The number of nitrogens with one attached hydrogen (secondary N) is 1. The summed E-state index contributed by atoms with van der Waals surface area (Å²) in [6.45, 7) is 3.89. The Bertz CT molecular complexity index is 540. The van der Waals surface area contributed by atoms with Gasteiger partial charge in [-0.2, -0.15) is 0 Å². The number of anilines is 2. The number of aromatic nitrogens is 1. The molecular formula is C16H20ClN3. The Morgan fingerprint density at radius 2 is 1.90 bits per heavy atom. The maximum Gasteiger partial charge on any atom is 0.130 e. The number of hydrogen-bond donors (Lipinski definition) is 1. The van der Waals surface area contributed by atoms with Crippen molar-refractivity contribution in [3.05, 3.63) is 53.1 Å². The highest BCUT2D eigenvalue weighted by molar-refractivity contribution is 6.30. The maximum absolute atomic E-state index is 5.90. The molecule has 0 unspecified atom stereocenters. The molecule has 0 saturated carbocycles. The first-order valence-electron chi connectivity index (χ1n) is 6.85. The molecule has 20 heavy (non-hydrogen) atoms. The minimum absolute atomic E-state index is 0.764. The van der Waals surface area contributed by atoms with Crippen molar-refractivity contribution in [3.8, 4) is 0 Å². The van der Waals surface area contributed by atoms with Gasteiger partial charge in [0.15, 0.2) is 0 Å². The molecule has 0 aliphatic heterocycles. The predicted octanol–water partition coefficient (Wildman–Crippen LogP) is 4.19. The van der Waals surface area contributed by atoms with Gasteiger partial charge in [0.05, 0.1) is 0 Å². The van der Waals surface area contributed by atoms with Crippen molar-refractivity contribution in [1.29, 1.82) is 0 Å². The number of hydrogen-bond acceptors (Lipinski definition) is 3. The van der Waals surface area contributed by atoms with E-state index in [0.717, 1.165) is 36.2 Å².